The van der Waals surface area contributed by atoms with E-state index in [0.717, 1.165) is 53.0 Å². The lowest BCUT2D eigenvalue weighted by molar-refractivity contribution is -0.135. The first-order valence-electron chi connectivity index (χ1n) is 8.65. The standard InChI is InChI=1S/C20H22Br2N2O2/c1-15-11-17(21)12-18(22)20(15)26-14-19(25)24-9-7-23(8-10-24)13-16-5-3-2-4-6-16/h2-6,11-12H,7-10,13-14H2,1H3. The molecule has 0 spiro atoms. The van der Waals surface area contributed by atoms with E-state index in [9.17, 15) is 4.79 Å². The van der Waals surface area contributed by atoms with Crippen LogP contribution in [0.15, 0.2) is 51.4 Å². The molecule has 0 saturated carbocycles. The van der Waals surface area contributed by atoms with E-state index in [1.165, 1.54) is 5.56 Å². The van der Waals surface area contributed by atoms with Gasteiger partial charge in [-0.3, -0.25) is 9.69 Å². The van der Waals surface area contributed by atoms with Gasteiger partial charge in [0.1, 0.15) is 5.75 Å². The van der Waals surface area contributed by atoms with Crippen LogP contribution >= 0.6 is 31.9 Å². The number of piperazine rings is 1. The van der Waals surface area contributed by atoms with Gasteiger partial charge in [-0.2, -0.15) is 0 Å². The van der Waals surface area contributed by atoms with Gasteiger partial charge in [0, 0.05) is 37.2 Å². The Morgan fingerprint density at radius 1 is 1.08 bits per heavy atom. The fraction of sp³-hybridized carbons (Fsp3) is 0.350. The number of nitrogens with zero attached hydrogens (tertiary/aromatic N) is 2. The van der Waals surface area contributed by atoms with Crippen LogP contribution in [0.2, 0.25) is 0 Å². The predicted octanol–water partition coefficient (Wildman–Crippen LogP) is 4.24. The van der Waals surface area contributed by atoms with E-state index >= 15 is 0 Å². The maximum atomic E-state index is 12.5. The van der Waals surface area contributed by atoms with Crippen molar-refractivity contribution in [3.8, 4) is 5.75 Å². The number of hydrogen-bond acceptors (Lipinski definition) is 3. The molecule has 1 amide bonds. The van der Waals surface area contributed by atoms with Gasteiger partial charge in [-0.1, -0.05) is 46.3 Å². The van der Waals surface area contributed by atoms with E-state index < -0.39 is 0 Å². The molecule has 0 aliphatic carbocycles. The number of halogens is 2. The predicted molar refractivity (Wildman–Crippen MR) is 110 cm³/mol. The maximum absolute atomic E-state index is 12.5. The number of carbonyl (C=O) groups excluding carboxylic acids is 1. The fourth-order valence-corrected chi connectivity index (χ4v) is 4.65. The van der Waals surface area contributed by atoms with Gasteiger partial charge in [0.15, 0.2) is 6.61 Å². The Hall–Kier alpha value is -1.37. The molecule has 2 aromatic rings. The molecule has 6 heteroatoms. The van der Waals surface area contributed by atoms with Crippen molar-refractivity contribution < 1.29 is 9.53 Å². The monoisotopic (exact) mass is 480 g/mol. The Morgan fingerprint density at radius 2 is 1.77 bits per heavy atom. The Balaban J connectivity index is 1.48. The summed E-state index contributed by atoms with van der Waals surface area (Å²) in [6, 6.07) is 14.4. The molecule has 4 nitrogen and oxygen atoms in total. The highest BCUT2D eigenvalue weighted by Crippen LogP contribution is 2.32. The van der Waals surface area contributed by atoms with Gasteiger partial charge in [-0.25, -0.2) is 0 Å². The van der Waals surface area contributed by atoms with E-state index in [1.807, 2.05) is 30.0 Å². The van der Waals surface area contributed by atoms with Crippen LogP contribution in [0.3, 0.4) is 0 Å². The zero-order chi connectivity index (χ0) is 18.5. The van der Waals surface area contributed by atoms with Crippen LogP contribution in [-0.2, 0) is 11.3 Å². The number of benzene rings is 2. The second-order valence-corrected chi connectivity index (χ2v) is 8.23. The molecule has 0 N–H and O–H groups in total. The normalized spacial score (nSPS) is 15.1. The summed E-state index contributed by atoms with van der Waals surface area (Å²) in [5, 5.41) is 0. The maximum Gasteiger partial charge on any atom is 0.260 e. The summed E-state index contributed by atoms with van der Waals surface area (Å²) < 4.78 is 7.62. The molecule has 0 bridgehead atoms. The van der Waals surface area contributed by atoms with E-state index in [0.29, 0.717) is 0 Å². The van der Waals surface area contributed by atoms with Crippen molar-refractivity contribution in [3.63, 3.8) is 0 Å². The first-order valence-corrected chi connectivity index (χ1v) is 10.2. The molecular formula is C20H22Br2N2O2. The van der Waals surface area contributed by atoms with E-state index in [1.54, 1.807) is 0 Å². The van der Waals surface area contributed by atoms with Crippen LogP contribution in [0, 0.1) is 6.92 Å². The number of rotatable bonds is 5. The summed E-state index contributed by atoms with van der Waals surface area (Å²) in [5.41, 5.74) is 2.30. The van der Waals surface area contributed by atoms with Gasteiger partial charge in [0.05, 0.1) is 4.47 Å². The highest BCUT2D eigenvalue weighted by molar-refractivity contribution is 9.11. The lowest BCUT2D eigenvalue weighted by Gasteiger charge is -2.34. The number of amides is 1. The number of hydrogen-bond donors (Lipinski definition) is 0. The van der Waals surface area contributed by atoms with E-state index in [2.05, 4.69) is 61.0 Å². The molecule has 0 aromatic heterocycles. The van der Waals surface area contributed by atoms with Crippen LogP contribution in [0.5, 0.6) is 5.75 Å². The van der Waals surface area contributed by atoms with Crippen molar-refractivity contribution in [2.45, 2.75) is 13.5 Å². The molecule has 0 atom stereocenters. The second-order valence-electron chi connectivity index (χ2n) is 6.46. The van der Waals surface area contributed by atoms with Crippen LogP contribution < -0.4 is 4.74 Å². The molecule has 0 radical (unpaired) electrons. The van der Waals surface area contributed by atoms with Crippen molar-refractivity contribution >= 4 is 37.8 Å². The molecule has 138 valence electrons. The lowest BCUT2D eigenvalue weighted by atomic mass is 10.2. The van der Waals surface area contributed by atoms with Crippen LogP contribution in [0.25, 0.3) is 0 Å². The van der Waals surface area contributed by atoms with Crippen molar-refractivity contribution in [1.29, 1.82) is 0 Å². The topological polar surface area (TPSA) is 32.8 Å². The van der Waals surface area contributed by atoms with E-state index in [-0.39, 0.29) is 12.5 Å². The zero-order valence-electron chi connectivity index (χ0n) is 14.8. The molecule has 1 heterocycles. The third-order valence-electron chi connectivity index (χ3n) is 4.51. The Kier molecular flexibility index (Phi) is 6.73. The minimum absolute atomic E-state index is 0.0404. The first kappa shape index (κ1) is 19.4. The summed E-state index contributed by atoms with van der Waals surface area (Å²) in [6.45, 7) is 6.25. The Labute approximate surface area is 171 Å². The number of aryl methyl sites for hydroxylation is 1. The Bertz CT molecular complexity index is 737. The third kappa shape index (κ3) is 5.09. The lowest BCUT2D eigenvalue weighted by Crippen LogP contribution is -2.49. The van der Waals surface area contributed by atoms with Crippen molar-refractivity contribution in [1.82, 2.24) is 9.80 Å². The van der Waals surface area contributed by atoms with Gasteiger partial charge < -0.3 is 9.64 Å². The largest absolute Gasteiger partial charge is 0.482 e. The van der Waals surface area contributed by atoms with Crippen molar-refractivity contribution in [3.05, 3.63) is 62.5 Å². The molecule has 26 heavy (non-hydrogen) atoms. The van der Waals surface area contributed by atoms with Crippen molar-refractivity contribution in [2.24, 2.45) is 0 Å². The van der Waals surface area contributed by atoms with Gasteiger partial charge in [-0.15, -0.1) is 0 Å². The summed E-state index contributed by atoms with van der Waals surface area (Å²) >= 11 is 6.95. The van der Waals surface area contributed by atoms with Crippen molar-refractivity contribution in [2.75, 3.05) is 32.8 Å². The molecule has 1 saturated heterocycles. The highest BCUT2D eigenvalue weighted by atomic mass is 79.9. The second kappa shape index (κ2) is 9.02. The number of carbonyl (C=O) groups is 1. The van der Waals surface area contributed by atoms with Gasteiger partial charge in [0.2, 0.25) is 0 Å². The third-order valence-corrected chi connectivity index (χ3v) is 5.55. The average Bonchev–Trinajstić information content (AvgIpc) is 2.62. The molecule has 1 aliphatic rings. The number of ether oxygens (including phenoxy) is 1. The van der Waals surface area contributed by atoms with Crippen LogP contribution in [-0.4, -0.2) is 48.5 Å². The van der Waals surface area contributed by atoms with Gasteiger partial charge >= 0.3 is 0 Å². The SMILES string of the molecule is Cc1cc(Br)cc(Br)c1OCC(=O)N1CCN(Cc2ccccc2)CC1. The minimum Gasteiger partial charge on any atom is -0.482 e. The van der Waals surface area contributed by atoms with Gasteiger partial charge in [0.25, 0.3) is 5.91 Å². The quantitative estimate of drug-likeness (QED) is 0.640. The average molecular weight is 482 g/mol. The minimum atomic E-state index is 0.0404. The summed E-state index contributed by atoms with van der Waals surface area (Å²) in [5.74, 6) is 0.767. The van der Waals surface area contributed by atoms with Gasteiger partial charge in [-0.05, 0) is 46.1 Å². The molecular weight excluding hydrogens is 460 g/mol. The van der Waals surface area contributed by atoms with Crippen LogP contribution in [0.1, 0.15) is 11.1 Å². The van der Waals surface area contributed by atoms with Crippen LogP contribution in [0.4, 0.5) is 0 Å². The summed E-state index contributed by atoms with van der Waals surface area (Å²) in [7, 11) is 0. The molecule has 1 fully saturated rings. The Morgan fingerprint density at radius 3 is 2.42 bits per heavy atom. The smallest absolute Gasteiger partial charge is 0.260 e. The molecule has 0 unspecified atom stereocenters. The zero-order valence-corrected chi connectivity index (χ0v) is 17.9. The molecule has 1 aliphatic heterocycles. The summed E-state index contributed by atoms with van der Waals surface area (Å²) in [6.07, 6.45) is 0. The van der Waals surface area contributed by atoms with E-state index in [4.69, 9.17) is 4.74 Å². The molecule has 2 aromatic carbocycles. The highest BCUT2D eigenvalue weighted by Gasteiger charge is 2.22. The fourth-order valence-electron chi connectivity index (χ4n) is 3.09. The molecule has 3 rings (SSSR count). The summed E-state index contributed by atoms with van der Waals surface area (Å²) in [4.78, 5) is 16.8. The first-order chi connectivity index (χ1) is 12.5.